The van der Waals surface area contributed by atoms with Crippen LogP contribution in [-0.4, -0.2) is 74.8 Å². The van der Waals surface area contributed by atoms with E-state index in [1.54, 1.807) is 0 Å². The van der Waals surface area contributed by atoms with E-state index in [9.17, 15) is 25.9 Å². The fourth-order valence-electron chi connectivity index (χ4n) is 14.1. The molecule has 4 rings (SSSR count). The van der Waals surface area contributed by atoms with Crippen LogP contribution in [-0.2, 0) is 45.9 Å². The molecule has 0 heterocycles. The van der Waals surface area contributed by atoms with Gasteiger partial charge in [0.15, 0.2) is 0 Å². The van der Waals surface area contributed by atoms with E-state index >= 15 is 0 Å². The van der Waals surface area contributed by atoms with Crippen LogP contribution in [0.2, 0.25) is 0 Å². The minimum Gasteiger partial charge on any atom is -0.744 e. The summed E-state index contributed by atoms with van der Waals surface area (Å²) in [6.45, 7) is 9.10. The second kappa shape index (κ2) is 59.6. The average molecular weight is 1450 g/mol. The molecule has 0 aliphatic carbocycles. The molecule has 0 aromatic heterocycles. The first-order valence-corrected chi connectivity index (χ1v) is 42.8. The Labute approximate surface area is 616 Å². The first kappa shape index (κ1) is 87.9. The van der Waals surface area contributed by atoms with Gasteiger partial charge in [-0.25, -0.2) is 16.8 Å². The summed E-state index contributed by atoms with van der Waals surface area (Å²) in [4.78, 5) is 0.0602. The van der Waals surface area contributed by atoms with Gasteiger partial charge in [0.25, 0.3) is 0 Å². The SMILES string of the molecule is CCCCCCCCCCCCCCCCc1ccc2ccc(CCCCCCCCCCCCCCCC)c(S(=O)(=O)[O-])c2c1.CCCCCCCCCCCCCCCCc1ccc2ccc(CCCCCCCCCCCCCCCC)c(S(=O)(=O)[O-])c2c1.[Ba+2]. The van der Waals surface area contributed by atoms with Crippen molar-refractivity contribution < 1.29 is 25.9 Å². The van der Waals surface area contributed by atoms with Gasteiger partial charge in [-0.3, -0.25) is 0 Å². The van der Waals surface area contributed by atoms with Gasteiger partial charge in [0.05, 0.1) is 9.79 Å². The molecular weight excluding hydrogens is 1310 g/mol. The van der Waals surface area contributed by atoms with Crippen molar-refractivity contribution in [3.05, 3.63) is 82.9 Å². The van der Waals surface area contributed by atoms with Gasteiger partial charge >= 0.3 is 48.9 Å². The molecule has 0 atom stereocenters. The maximum absolute atomic E-state index is 12.5. The number of unbranched alkanes of at least 4 members (excludes halogenated alkanes) is 52. The molecule has 0 aliphatic heterocycles. The Morgan fingerprint density at radius 3 is 0.602 bits per heavy atom. The molecule has 528 valence electrons. The first-order valence-electron chi connectivity index (χ1n) is 39.9. The van der Waals surface area contributed by atoms with Crippen LogP contribution in [0.4, 0.5) is 0 Å². The van der Waals surface area contributed by atoms with E-state index in [2.05, 4.69) is 39.8 Å². The maximum atomic E-state index is 12.5. The van der Waals surface area contributed by atoms with Gasteiger partial charge in [-0.2, -0.15) is 0 Å². The summed E-state index contributed by atoms with van der Waals surface area (Å²) < 4.78 is 74.8. The van der Waals surface area contributed by atoms with Crippen molar-refractivity contribution in [3.63, 3.8) is 0 Å². The molecule has 0 unspecified atom stereocenters. The number of benzene rings is 4. The summed E-state index contributed by atoms with van der Waals surface area (Å²) in [6.07, 6.45) is 77.0. The number of rotatable bonds is 62. The molecule has 9 heteroatoms. The molecule has 0 radical (unpaired) electrons. The van der Waals surface area contributed by atoms with Crippen molar-refractivity contribution in [2.24, 2.45) is 0 Å². The summed E-state index contributed by atoms with van der Waals surface area (Å²) in [5.41, 5.74) is 3.69. The first-order chi connectivity index (χ1) is 44.9. The van der Waals surface area contributed by atoms with Gasteiger partial charge in [-0.15, -0.1) is 0 Å². The predicted octanol–water partition coefficient (Wildman–Crippen LogP) is 27.2. The fourth-order valence-corrected chi connectivity index (χ4v) is 16.0. The van der Waals surface area contributed by atoms with E-state index in [-0.39, 0.29) is 58.7 Å². The van der Waals surface area contributed by atoms with Crippen LogP contribution in [0.5, 0.6) is 0 Å². The van der Waals surface area contributed by atoms with E-state index in [1.807, 2.05) is 48.5 Å². The van der Waals surface area contributed by atoms with Crippen LogP contribution in [0, 0.1) is 0 Å². The molecule has 0 aliphatic rings. The molecule has 4 aromatic rings. The van der Waals surface area contributed by atoms with Gasteiger partial charge in [-0.1, -0.05) is 410 Å². The van der Waals surface area contributed by atoms with Gasteiger partial charge in [0.2, 0.25) is 0 Å². The van der Waals surface area contributed by atoms with E-state index in [1.165, 1.54) is 321 Å². The zero-order chi connectivity index (χ0) is 66.3. The Morgan fingerprint density at radius 1 is 0.237 bits per heavy atom. The molecule has 0 saturated carbocycles. The molecule has 93 heavy (non-hydrogen) atoms. The fraction of sp³-hybridized carbons (Fsp3) is 0.762. The minimum absolute atomic E-state index is 0. The largest absolute Gasteiger partial charge is 2.00 e. The third-order valence-electron chi connectivity index (χ3n) is 20.0. The van der Waals surface area contributed by atoms with Crippen molar-refractivity contribution in [3.8, 4) is 0 Å². The van der Waals surface area contributed by atoms with Crippen molar-refractivity contribution in [1.29, 1.82) is 0 Å². The number of hydrogen-bond acceptors (Lipinski definition) is 6. The summed E-state index contributed by atoms with van der Waals surface area (Å²) in [5.74, 6) is 0. The van der Waals surface area contributed by atoms with E-state index in [0.29, 0.717) is 34.7 Å². The predicted molar refractivity (Wildman–Crippen MR) is 406 cm³/mol. The van der Waals surface area contributed by atoms with Crippen LogP contribution in [0.3, 0.4) is 0 Å². The number of hydrogen-bond donors (Lipinski definition) is 0. The smallest absolute Gasteiger partial charge is 0.744 e. The van der Waals surface area contributed by atoms with Crippen LogP contribution in [0.15, 0.2) is 70.5 Å². The molecule has 0 N–H and O–H groups in total. The number of fused-ring (bicyclic) bond motifs is 2. The second-order valence-corrected chi connectivity index (χ2v) is 31.1. The van der Waals surface area contributed by atoms with E-state index < -0.39 is 20.2 Å². The summed E-state index contributed by atoms with van der Waals surface area (Å²) >= 11 is 0. The van der Waals surface area contributed by atoms with E-state index in [4.69, 9.17) is 0 Å². The molecule has 0 amide bonds. The average Bonchev–Trinajstić information content (AvgIpc) is 0.800. The number of aryl methyl sites for hydroxylation is 4. The third-order valence-corrected chi connectivity index (χ3v) is 21.9. The quantitative estimate of drug-likeness (QED) is 0.0247. The Hall–Kier alpha value is -1.21. The summed E-state index contributed by atoms with van der Waals surface area (Å²) in [6, 6.07) is 19.9. The summed E-state index contributed by atoms with van der Waals surface area (Å²) in [7, 11) is -9.09. The van der Waals surface area contributed by atoms with Gasteiger partial charge in [0, 0.05) is 0 Å². The van der Waals surface area contributed by atoms with Gasteiger partial charge in [0.1, 0.15) is 20.2 Å². The van der Waals surface area contributed by atoms with Crippen LogP contribution in [0.1, 0.15) is 410 Å². The molecule has 4 aromatic carbocycles. The van der Waals surface area contributed by atoms with Gasteiger partial charge < -0.3 is 9.11 Å². The van der Waals surface area contributed by atoms with Crippen molar-refractivity contribution in [1.82, 2.24) is 0 Å². The zero-order valence-electron chi connectivity index (χ0n) is 61.2. The van der Waals surface area contributed by atoms with Crippen molar-refractivity contribution >= 4 is 90.7 Å². The topological polar surface area (TPSA) is 114 Å². The Kier molecular flexibility index (Phi) is 56.4. The second-order valence-electron chi connectivity index (χ2n) is 28.5. The molecule has 6 nitrogen and oxygen atoms in total. The summed E-state index contributed by atoms with van der Waals surface area (Å²) in [5, 5.41) is 2.95. The molecule has 0 saturated heterocycles. The van der Waals surface area contributed by atoms with Crippen molar-refractivity contribution in [2.75, 3.05) is 0 Å². The monoisotopic (exact) mass is 1450 g/mol. The van der Waals surface area contributed by atoms with Crippen LogP contribution < -0.4 is 0 Å². The molecule has 0 fully saturated rings. The van der Waals surface area contributed by atoms with Gasteiger partial charge in [-0.05, 0) is 107 Å². The molecular formula is C84H142BaO6S2. The molecule has 0 spiro atoms. The van der Waals surface area contributed by atoms with Crippen LogP contribution >= 0.6 is 0 Å². The zero-order valence-corrected chi connectivity index (χ0v) is 67.2. The van der Waals surface area contributed by atoms with Crippen molar-refractivity contribution in [2.45, 2.75) is 423 Å². The van der Waals surface area contributed by atoms with Crippen LogP contribution in [0.25, 0.3) is 21.5 Å². The third kappa shape index (κ3) is 44.5. The molecule has 0 bridgehead atoms. The Bertz CT molecular complexity index is 2420. The normalized spacial score (nSPS) is 11.8. The standard InChI is InChI=1S/2C42H72O3S.Ba/c2*1-3-5-7-9-11-13-15-17-19-21-23-25-27-29-31-38-33-34-39-35-36-40(42(41(39)37-38)46(43,44)45)32-30-28-26-24-22-20-18-16-14-12-10-8-6-4-2;/h2*33-37H,3-32H2,1-2H3,(H,43,44,45);/q;;+2/p-2. The Balaban J connectivity index is 0.000000627. The maximum Gasteiger partial charge on any atom is 2.00 e. The Morgan fingerprint density at radius 2 is 0.409 bits per heavy atom. The van der Waals surface area contributed by atoms with E-state index in [0.717, 1.165) is 73.3 Å². The minimum atomic E-state index is -4.55.